The zero-order chi connectivity index (χ0) is 22.4. The monoisotopic (exact) mass is 448 g/mol. The van der Waals surface area contributed by atoms with Gasteiger partial charge in [-0.25, -0.2) is 4.98 Å². The van der Waals surface area contributed by atoms with E-state index in [9.17, 15) is 4.79 Å². The number of nitrogens with zero attached hydrogens (tertiary/aromatic N) is 3. The van der Waals surface area contributed by atoms with Gasteiger partial charge in [-0.15, -0.1) is 0 Å². The zero-order valence-corrected chi connectivity index (χ0v) is 19.2. The molecule has 0 spiro atoms. The molecule has 0 saturated carbocycles. The van der Waals surface area contributed by atoms with E-state index in [2.05, 4.69) is 18.3 Å². The first-order chi connectivity index (χ1) is 15.5. The maximum absolute atomic E-state index is 12.7. The summed E-state index contributed by atoms with van der Waals surface area (Å²) in [5, 5.41) is 8.55. The van der Waals surface area contributed by atoms with Crippen molar-refractivity contribution in [1.29, 1.82) is 0 Å². The topological polar surface area (TPSA) is 78.3 Å². The molecule has 3 heterocycles. The number of aromatic nitrogens is 3. The molecule has 0 aliphatic carbocycles. The van der Waals surface area contributed by atoms with Crippen molar-refractivity contribution in [2.75, 3.05) is 19.0 Å². The summed E-state index contributed by atoms with van der Waals surface area (Å²) < 4.78 is 14.1. The summed E-state index contributed by atoms with van der Waals surface area (Å²) in [7, 11) is 1.62. The zero-order valence-electron chi connectivity index (χ0n) is 18.4. The molecule has 7 nitrogen and oxygen atoms in total. The van der Waals surface area contributed by atoms with E-state index < -0.39 is 0 Å². The number of aryl methyl sites for hydroxylation is 2. The Morgan fingerprint density at radius 3 is 2.81 bits per heavy atom. The number of ether oxygens (including phenoxy) is 2. The summed E-state index contributed by atoms with van der Waals surface area (Å²) in [5.41, 5.74) is 4.97. The number of methoxy groups -OCH3 is 1. The van der Waals surface area contributed by atoms with Gasteiger partial charge in [-0.3, -0.25) is 4.79 Å². The Bertz CT molecular complexity index is 1340. The molecule has 2 aromatic heterocycles. The molecule has 164 valence electrons. The number of anilines is 1. The lowest BCUT2D eigenvalue weighted by Gasteiger charge is -2.24. The van der Waals surface area contributed by atoms with Crippen LogP contribution in [0.2, 0.25) is 0 Å². The van der Waals surface area contributed by atoms with Gasteiger partial charge in [0.15, 0.2) is 11.5 Å². The third-order valence-electron chi connectivity index (χ3n) is 5.71. The lowest BCUT2D eigenvalue weighted by Crippen LogP contribution is -2.25. The summed E-state index contributed by atoms with van der Waals surface area (Å²) in [6, 6.07) is 12.0. The average molecular weight is 449 g/mol. The van der Waals surface area contributed by atoms with Gasteiger partial charge < -0.3 is 14.8 Å². The van der Waals surface area contributed by atoms with Crippen molar-refractivity contribution in [2.45, 2.75) is 33.1 Å². The molecule has 5 rings (SSSR count). The Kier molecular flexibility index (Phi) is 5.09. The molecule has 8 heteroatoms. The van der Waals surface area contributed by atoms with Crippen LogP contribution in [0.4, 0.5) is 5.82 Å². The van der Waals surface area contributed by atoms with E-state index in [1.807, 2.05) is 44.2 Å². The Morgan fingerprint density at radius 1 is 1.19 bits per heavy atom. The molecule has 0 radical (unpaired) electrons. The quantitative estimate of drug-likeness (QED) is 0.466. The van der Waals surface area contributed by atoms with E-state index in [0.29, 0.717) is 30.3 Å². The van der Waals surface area contributed by atoms with Crippen molar-refractivity contribution in [3.05, 3.63) is 58.8 Å². The highest BCUT2D eigenvalue weighted by atomic mass is 32.1. The Balaban J connectivity index is 1.62. The number of thiazole rings is 1. The number of nitrogens with one attached hydrogen (secondary N) is 1. The third kappa shape index (κ3) is 3.40. The fourth-order valence-electron chi connectivity index (χ4n) is 4.26. The van der Waals surface area contributed by atoms with Crippen LogP contribution in [0.5, 0.6) is 11.5 Å². The van der Waals surface area contributed by atoms with Crippen molar-refractivity contribution < 1.29 is 14.3 Å². The average Bonchev–Trinajstić information content (AvgIpc) is 3.34. The first kappa shape index (κ1) is 20.5. The predicted molar refractivity (Wildman–Crippen MR) is 125 cm³/mol. The van der Waals surface area contributed by atoms with Gasteiger partial charge in [0.2, 0.25) is 11.0 Å². The molecule has 1 aliphatic heterocycles. The van der Waals surface area contributed by atoms with Crippen LogP contribution < -0.4 is 14.8 Å². The predicted octanol–water partition coefficient (Wildman–Crippen LogP) is 4.98. The van der Waals surface area contributed by atoms with Crippen molar-refractivity contribution >= 4 is 33.3 Å². The minimum Gasteiger partial charge on any atom is -0.493 e. The number of carbonyl (C=O) groups is 1. The SMILES string of the molecule is CCOc1ccc([C@H]2CC(=O)Nc3c2c(C)nn3-c2nc3ccc(C)cc3s2)cc1OC. The second-order valence-electron chi connectivity index (χ2n) is 7.88. The first-order valence-electron chi connectivity index (χ1n) is 10.6. The van der Waals surface area contributed by atoms with Crippen molar-refractivity contribution in [3.8, 4) is 16.6 Å². The van der Waals surface area contributed by atoms with E-state index in [1.165, 1.54) is 5.56 Å². The molecule has 1 atom stereocenters. The molecule has 1 aliphatic rings. The van der Waals surface area contributed by atoms with Crippen molar-refractivity contribution in [1.82, 2.24) is 14.8 Å². The Labute approximate surface area is 190 Å². The number of benzene rings is 2. The Hall–Kier alpha value is -3.39. The lowest BCUT2D eigenvalue weighted by molar-refractivity contribution is -0.116. The van der Waals surface area contributed by atoms with E-state index in [0.717, 1.165) is 32.2 Å². The number of amides is 1. The van der Waals surface area contributed by atoms with Gasteiger partial charge in [0.05, 0.1) is 29.6 Å². The summed E-state index contributed by atoms with van der Waals surface area (Å²) >= 11 is 1.56. The summed E-state index contributed by atoms with van der Waals surface area (Å²) in [6.07, 6.45) is 0.343. The molecular weight excluding hydrogens is 424 g/mol. The highest BCUT2D eigenvalue weighted by Gasteiger charge is 2.33. The highest BCUT2D eigenvalue weighted by Crippen LogP contribution is 2.43. The third-order valence-corrected chi connectivity index (χ3v) is 6.70. The standard InChI is InChI=1S/C24H24N4O3S/c1-5-31-18-9-7-15(11-19(18)30-4)16-12-21(29)26-23-22(16)14(3)27-28(23)24-25-17-8-6-13(2)10-20(17)32-24/h6-11,16H,5,12H2,1-4H3,(H,26,29)/t16-/m1/s1. The molecule has 1 amide bonds. The number of rotatable bonds is 5. The van der Waals surface area contributed by atoms with Gasteiger partial charge in [-0.2, -0.15) is 9.78 Å². The maximum Gasteiger partial charge on any atom is 0.226 e. The minimum absolute atomic E-state index is 0.0477. The molecule has 0 saturated heterocycles. The van der Waals surface area contributed by atoms with Gasteiger partial charge >= 0.3 is 0 Å². The van der Waals surface area contributed by atoms with Gasteiger partial charge in [-0.05, 0) is 56.2 Å². The number of hydrogen-bond acceptors (Lipinski definition) is 6. The Morgan fingerprint density at radius 2 is 2.03 bits per heavy atom. The van der Waals surface area contributed by atoms with Crippen LogP contribution in [-0.2, 0) is 4.79 Å². The van der Waals surface area contributed by atoms with E-state index in [1.54, 1.807) is 23.1 Å². The second kappa shape index (κ2) is 7.94. The first-order valence-corrected chi connectivity index (χ1v) is 11.4. The van der Waals surface area contributed by atoms with E-state index >= 15 is 0 Å². The van der Waals surface area contributed by atoms with Gasteiger partial charge in [0.1, 0.15) is 5.82 Å². The summed E-state index contributed by atoms with van der Waals surface area (Å²) in [5.74, 6) is 1.86. The number of carbonyl (C=O) groups excluding carboxylic acids is 1. The highest BCUT2D eigenvalue weighted by molar-refractivity contribution is 7.20. The molecule has 1 N–H and O–H groups in total. The van der Waals surface area contributed by atoms with Crippen LogP contribution in [0.3, 0.4) is 0 Å². The van der Waals surface area contributed by atoms with Gasteiger partial charge in [0, 0.05) is 17.9 Å². The molecule has 2 aromatic carbocycles. The van der Waals surface area contributed by atoms with Crippen LogP contribution in [-0.4, -0.2) is 34.4 Å². The summed E-state index contributed by atoms with van der Waals surface area (Å²) in [6.45, 7) is 6.53. The fourth-order valence-corrected chi connectivity index (χ4v) is 5.28. The smallest absolute Gasteiger partial charge is 0.226 e. The van der Waals surface area contributed by atoms with Crippen LogP contribution >= 0.6 is 11.3 Å². The molecule has 32 heavy (non-hydrogen) atoms. The normalized spacial score (nSPS) is 15.5. The molecule has 0 fully saturated rings. The van der Waals surface area contributed by atoms with Gasteiger partial charge in [0.25, 0.3) is 0 Å². The minimum atomic E-state index is -0.131. The molecule has 4 aromatic rings. The van der Waals surface area contributed by atoms with E-state index in [-0.39, 0.29) is 11.8 Å². The molecule has 0 unspecified atom stereocenters. The van der Waals surface area contributed by atoms with Crippen LogP contribution in [0.25, 0.3) is 15.3 Å². The summed E-state index contributed by atoms with van der Waals surface area (Å²) in [4.78, 5) is 17.5. The van der Waals surface area contributed by atoms with Crippen LogP contribution in [0.1, 0.15) is 41.6 Å². The van der Waals surface area contributed by atoms with Crippen molar-refractivity contribution in [2.24, 2.45) is 0 Å². The number of hydrogen-bond donors (Lipinski definition) is 1. The molecule has 0 bridgehead atoms. The number of fused-ring (bicyclic) bond motifs is 2. The molecular formula is C24H24N4O3S. The maximum atomic E-state index is 12.7. The van der Waals surface area contributed by atoms with Crippen LogP contribution in [0, 0.1) is 13.8 Å². The largest absolute Gasteiger partial charge is 0.493 e. The lowest BCUT2D eigenvalue weighted by atomic mass is 9.85. The fraction of sp³-hybridized carbons (Fsp3) is 0.292. The van der Waals surface area contributed by atoms with E-state index in [4.69, 9.17) is 19.6 Å². The van der Waals surface area contributed by atoms with Gasteiger partial charge in [-0.1, -0.05) is 23.5 Å². The second-order valence-corrected chi connectivity index (χ2v) is 8.88. The van der Waals surface area contributed by atoms with Crippen LogP contribution in [0.15, 0.2) is 36.4 Å². The van der Waals surface area contributed by atoms with Crippen molar-refractivity contribution in [3.63, 3.8) is 0 Å².